The molecule has 1 fully saturated rings. The first kappa shape index (κ1) is 22.0. The molecule has 2 aromatic heterocycles. The number of primary amides is 1. The van der Waals surface area contributed by atoms with Gasteiger partial charge in [0.1, 0.15) is 5.75 Å². The Balaban J connectivity index is 1.57. The highest BCUT2D eigenvalue weighted by Crippen LogP contribution is 2.40. The Morgan fingerprint density at radius 3 is 2.82 bits per heavy atom. The van der Waals surface area contributed by atoms with Gasteiger partial charge in [-0.1, -0.05) is 35.9 Å². The second-order valence-corrected chi connectivity index (χ2v) is 8.77. The molecule has 1 saturated heterocycles. The molecule has 2 unspecified atom stereocenters. The Morgan fingerprint density at radius 1 is 1.24 bits per heavy atom. The van der Waals surface area contributed by atoms with E-state index in [1.807, 2.05) is 42.5 Å². The normalized spacial score (nSPS) is 18.2. The standard InChI is InChI=1S/C25H24ClN5O3/c1-34-22-12-15(7-8-19(22)26)21-13-17(9-11-30(21)24(27)32)31-20-6-2-5-18(23(20)29-25(31)33)16-4-3-10-28-14-16/h2-8,10,12,14,17,21H,9,11,13H2,1H3,(H2,27,32)(H,29,33). The lowest BCUT2D eigenvalue weighted by Crippen LogP contribution is -2.45. The molecule has 0 aliphatic carbocycles. The second kappa shape index (κ2) is 8.87. The van der Waals surface area contributed by atoms with Gasteiger partial charge >= 0.3 is 11.7 Å². The van der Waals surface area contributed by atoms with Crippen molar-refractivity contribution in [1.29, 1.82) is 0 Å². The first-order valence-corrected chi connectivity index (χ1v) is 11.4. The van der Waals surface area contributed by atoms with E-state index in [-0.39, 0.29) is 17.8 Å². The number of hydrogen-bond donors (Lipinski definition) is 2. The molecular weight excluding hydrogens is 454 g/mol. The minimum atomic E-state index is -0.498. The number of amides is 2. The number of aromatic nitrogens is 3. The number of aromatic amines is 1. The molecule has 0 bridgehead atoms. The zero-order chi connectivity index (χ0) is 23.8. The number of urea groups is 1. The van der Waals surface area contributed by atoms with Crippen LogP contribution >= 0.6 is 11.6 Å². The summed E-state index contributed by atoms with van der Waals surface area (Å²) in [6, 6.07) is 14.2. The van der Waals surface area contributed by atoms with Crippen LogP contribution in [0.1, 0.15) is 30.5 Å². The second-order valence-electron chi connectivity index (χ2n) is 8.36. The van der Waals surface area contributed by atoms with Crippen molar-refractivity contribution in [2.75, 3.05) is 13.7 Å². The summed E-state index contributed by atoms with van der Waals surface area (Å²) in [5, 5.41) is 0.486. The summed E-state index contributed by atoms with van der Waals surface area (Å²) >= 11 is 6.21. The van der Waals surface area contributed by atoms with Crippen molar-refractivity contribution in [1.82, 2.24) is 19.4 Å². The van der Waals surface area contributed by atoms with Crippen LogP contribution in [0.25, 0.3) is 22.2 Å². The van der Waals surface area contributed by atoms with E-state index in [9.17, 15) is 9.59 Å². The molecular formula is C25H24ClN5O3. The lowest BCUT2D eigenvalue weighted by molar-refractivity contribution is 0.136. The van der Waals surface area contributed by atoms with Gasteiger partial charge in [-0.05, 0) is 42.7 Å². The number of imidazole rings is 1. The molecule has 0 saturated carbocycles. The van der Waals surface area contributed by atoms with Crippen LogP contribution < -0.4 is 16.2 Å². The van der Waals surface area contributed by atoms with Gasteiger partial charge in [0.15, 0.2) is 0 Å². The molecule has 0 radical (unpaired) electrons. The maximum Gasteiger partial charge on any atom is 0.326 e. The van der Waals surface area contributed by atoms with Crippen LogP contribution in [0, 0.1) is 0 Å². The molecule has 2 amide bonds. The maximum absolute atomic E-state index is 13.2. The number of pyridine rings is 1. The van der Waals surface area contributed by atoms with Crippen molar-refractivity contribution >= 4 is 28.7 Å². The Kier molecular flexibility index (Phi) is 5.75. The number of nitrogens with two attached hydrogens (primary N) is 1. The van der Waals surface area contributed by atoms with Crippen molar-refractivity contribution in [3.8, 4) is 16.9 Å². The lowest BCUT2D eigenvalue weighted by atomic mass is 9.91. The fourth-order valence-electron chi connectivity index (χ4n) is 4.92. The van der Waals surface area contributed by atoms with E-state index < -0.39 is 6.03 Å². The molecule has 9 heteroatoms. The number of carbonyl (C=O) groups is 1. The minimum Gasteiger partial charge on any atom is -0.495 e. The van der Waals surface area contributed by atoms with Gasteiger partial charge in [0.25, 0.3) is 0 Å². The van der Waals surface area contributed by atoms with Crippen LogP contribution in [-0.2, 0) is 0 Å². The largest absolute Gasteiger partial charge is 0.495 e. The molecule has 0 spiro atoms. The van der Waals surface area contributed by atoms with E-state index in [1.165, 1.54) is 0 Å². The number of H-pyrrole nitrogens is 1. The van der Waals surface area contributed by atoms with Crippen LogP contribution in [0.2, 0.25) is 5.02 Å². The highest BCUT2D eigenvalue weighted by atomic mass is 35.5. The van der Waals surface area contributed by atoms with Crippen molar-refractivity contribution < 1.29 is 9.53 Å². The van der Waals surface area contributed by atoms with Crippen molar-refractivity contribution in [3.05, 3.63) is 82.0 Å². The number of rotatable bonds is 4. The van der Waals surface area contributed by atoms with Crippen LogP contribution in [0.5, 0.6) is 5.75 Å². The fraction of sp³-hybridized carbons (Fsp3) is 0.240. The lowest BCUT2D eigenvalue weighted by Gasteiger charge is -2.39. The average Bonchev–Trinajstić information content (AvgIpc) is 3.20. The number of likely N-dealkylation sites (tertiary alicyclic amines) is 1. The number of fused-ring (bicyclic) bond motifs is 1. The van der Waals surface area contributed by atoms with Gasteiger partial charge in [-0.3, -0.25) is 9.55 Å². The van der Waals surface area contributed by atoms with Crippen molar-refractivity contribution in [2.24, 2.45) is 5.73 Å². The van der Waals surface area contributed by atoms with Crippen LogP contribution in [0.3, 0.4) is 0 Å². The minimum absolute atomic E-state index is 0.132. The smallest absolute Gasteiger partial charge is 0.326 e. The van der Waals surface area contributed by atoms with Gasteiger partial charge in [-0.2, -0.15) is 0 Å². The number of nitrogens with zero attached hydrogens (tertiary/aromatic N) is 3. The fourth-order valence-corrected chi connectivity index (χ4v) is 5.11. The van der Waals surface area contributed by atoms with Crippen molar-refractivity contribution in [2.45, 2.75) is 24.9 Å². The van der Waals surface area contributed by atoms with Gasteiger partial charge in [0.05, 0.1) is 29.2 Å². The van der Waals surface area contributed by atoms with Crippen LogP contribution in [0.15, 0.2) is 65.7 Å². The molecule has 2 aromatic carbocycles. The number of ether oxygens (including phenoxy) is 1. The molecule has 1 aliphatic rings. The van der Waals surface area contributed by atoms with E-state index in [0.717, 1.165) is 27.7 Å². The van der Waals surface area contributed by atoms with Gasteiger partial charge in [0.2, 0.25) is 0 Å². The molecule has 3 heterocycles. The number of methoxy groups -OCH3 is 1. The summed E-state index contributed by atoms with van der Waals surface area (Å²) in [4.78, 5) is 34.3. The zero-order valence-corrected chi connectivity index (χ0v) is 19.3. The molecule has 34 heavy (non-hydrogen) atoms. The van der Waals surface area contributed by atoms with Gasteiger partial charge in [-0.15, -0.1) is 0 Å². The first-order valence-electron chi connectivity index (χ1n) is 11.0. The first-order chi connectivity index (χ1) is 16.5. The number of para-hydroxylation sites is 1. The van der Waals surface area contributed by atoms with E-state index in [4.69, 9.17) is 22.1 Å². The summed E-state index contributed by atoms with van der Waals surface area (Å²) in [7, 11) is 1.55. The summed E-state index contributed by atoms with van der Waals surface area (Å²) in [5.74, 6) is 0.524. The number of carbonyl (C=O) groups excluding carboxylic acids is 1. The van der Waals surface area contributed by atoms with Gasteiger partial charge < -0.3 is 20.4 Å². The third-order valence-electron chi connectivity index (χ3n) is 6.51. The van der Waals surface area contributed by atoms with E-state index in [1.54, 1.807) is 35.0 Å². The zero-order valence-electron chi connectivity index (χ0n) is 18.6. The third-order valence-corrected chi connectivity index (χ3v) is 6.82. The van der Waals surface area contributed by atoms with Crippen LogP contribution in [-0.4, -0.2) is 39.1 Å². The molecule has 8 nitrogen and oxygen atoms in total. The third kappa shape index (κ3) is 3.80. The SMILES string of the molecule is COc1cc(C2CC(n3c(=O)[nH]c4c(-c5cccnc5)cccc43)CCN2C(N)=O)ccc1Cl. The molecule has 4 aromatic rings. The molecule has 5 rings (SSSR count). The summed E-state index contributed by atoms with van der Waals surface area (Å²) in [6.45, 7) is 0.428. The Morgan fingerprint density at radius 2 is 2.09 bits per heavy atom. The number of halogens is 1. The molecule has 3 N–H and O–H groups in total. The average molecular weight is 478 g/mol. The maximum atomic E-state index is 13.2. The monoisotopic (exact) mass is 477 g/mol. The highest BCUT2D eigenvalue weighted by molar-refractivity contribution is 6.32. The van der Waals surface area contributed by atoms with E-state index in [0.29, 0.717) is 30.2 Å². The number of benzene rings is 2. The predicted molar refractivity (Wildman–Crippen MR) is 131 cm³/mol. The summed E-state index contributed by atoms with van der Waals surface area (Å²) < 4.78 is 7.17. The number of piperidine rings is 1. The summed E-state index contributed by atoms with van der Waals surface area (Å²) in [5.41, 5.74) is 9.81. The Bertz CT molecular complexity index is 1420. The quantitative estimate of drug-likeness (QED) is 0.451. The highest BCUT2D eigenvalue weighted by Gasteiger charge is 2.34. The van der Waals surface area contributed by atoms with Gasteiger partial charge in [0, 0.05) is 36.1 Å². The van der Waals surface area contributed by atoms with Crippen LogP contribution in [0.4, 0.5) is 4.79 Å². The van der Waals surface area contributed by atoms with Crippen molar-refractivity contribution in [3.63, 3.8) is 0 Å². The van der Waals surface area contributed by atoms with Gasteiger partial charge in [-0.25, -0.2) is 9.59 Å². The number of nitrogens with one attached hydrogen (secondary N) is 1. The van der Waals surface area contributed by atoms with E-state index >= 15 is 0 Å². The topological polar surface area (TPSA) is 106 Å². The Labute approximate surface area is 200 Å². The van der Waals surface area contributed by atoms with E-state index in [2.05, 4.69) is 9.97 Å². The predicted octanol–water partition coefficient (Wildman–Crippen LogP) is 4.51. The molecule has 1 aliphatic heterocycles. The molecule has 174 valence electrons. The number of hydrogen-bond acceptors (Lipinski definition) is 4. The Hall–Kier alpha value is -3.78. The summed E-state index contributed by atoms with van der Waals surface area (Å²) in [6.07, 6.45) is 4.63. The molecule has 2 atom stereocenters.